The standard InChI is InChI=1S/C9H13N5/c1-7(13-14-9(10)12-11)8-5-3-2-4-6-8/h2-6H,11H2,1H3,(H3,10,12,14). The number of nitrogens with zero attached hydrogens (tertiary/aromatic N) is 2. The van der Waals surface area contributed by atoms with Gasteiger partial charge < -0.3 is 11.6 Å². The van der Waals surface area contributed by atoms with Crippen molar-refractivity contribution in [3.63, 3.8) is 0 Å². The molecular formula is C9H13N5. The van der Waals surface area contributed by atoms with E-state index in [4.69, 9.17) is 11.6 Å². The lowest BCUT2D eigenvalue weighted by molar-refractivity contribution is 0.983. The molecule has 5 N–H and O–H groups in total. The van der Waals surface area contributed by atoms with E-state index in [-0.39, 0.29) is 5.96 Å². The van der Waals surface area contributed by atoms with Crippen LogP contribution in [0.1, 0.15) is 12.5 Å². The molecule has 0 saturated carbocycles. The molecule has 1 aromatic carbocycles. The summed E-state index contributed by atoms with van der Waals surface area (Å²) in [4.78, 5) is 0. The predicted molar refractivity (Wildman–Crippen MR) is 57.6 cm³/mol. The normalized spacial score (nSPS) is 12.6. The van der Waals surface area contributed by atoms with E-state index in [1.54, 1.807) is 0 Å². The second-order valence-electron chi connectivity index (χ2n) is 2.69. The van der Waals surface area contributed by atoms with Crippen molar-refractivity contribution in [2.45, 2.75) is 6.92 Å². The minimum atomic E-state index is 0.0836. The largest absolute Gasteiger partial charge is 0.367 e. The third kappa shape index (κ3) is 2.78. The van der Waals surface area contributed by atoms with E-state index >= 15 is 0 Å². The van der Waals surface area contributed by atoms with Crippen LogP contribution < -0.4 is 17.0 Å². The maximum Gasteiger partial charge on any atom is 0.231 e. The molecule has 74 valence electrons. The van der Waals surface area contributed by atoms with Gasteiger partial charge in [0.05, 0.1) is 5.71 Å². The van der Waals surface area contributed by atoms with Crippen molar-refractivity contribution < 1.29 is 0 Å². The number of hydrogen-bond donors (Lipinski definition) is 3. The maximum atomic E-state index is 5.31. The second-order valence-corrected chi connectivity index (χ2v) is 2.69. The first-order valence-electron chi connectivity index (χ1n) is 4.13. The smallest absolute Gasteiger partial charge is 0.231 e. The third-order valence-electron chi connectivity index (χ3n) is 1.67. The summed E-state index contributed by atoms with van der Waals surface area (Å²) in [5.41, 5.74) is 9.66. The molecule has 0 amide bonds. The van der Waals surface area contributed by atoms with Crippen LogP contribution in [0.3, 0.4) is 0 Å². The van der Waals surface area contributed by atoms with Crippen molar-refractivity contribution in [2.75, 3.05) is 0 Å². The highest BCUT2D eigenvalue weighted by atomic mass is 15.4. The van der Waals surface area contributed by atoms with Gasteiger partial charge >= 0.3 is 0 Å². The third-order valence-corrected chi connectivity index (χ3v) is 1.67. The number of hydrogen-bond acceptors (Lipinski definition) is 3. The molecule has 0 bridgehead atoms. The predicted octanol–water partition coefficient (Wildman–Crippen LogP) is 0.189. The van der Waals surface area contributed by atoms with Crippen LogP contribution in [-0.2, 0) is 0 Å². The van der Waals surface area contributed by atoms with Gasteiger partial charge in [-0.15, -0.1) is 5.10 Å². The van der Waals surface area contributed by atoms with Gasteiger partial charge in [-0.3, -0.25) is 0 Å². The fourth-order valence-electron chi connectivity index (χ4n) is 0.914. The Bertz CT molecular complexity index is 341. The van der Waals surface area contributed by atoms with E-state index in [0.717, 1.165) is 11.3 Å². The van der Waals surface area contributed by atoms with Crippen LogP contribution >= 0.6 is 0 Å². The van der Waals surface area contributed by atoms with Crippen LogP contribution in [0.15, 0.2) is 40.5 Å². The zero-order chi connectivity index (χ0) is 10.4. The molecule has 1 aromatic rings. The molecule has 0 spiro atoms. The van der Waals surface area contributed by atoms with Gasteiger partial charge in [-0.1, -0.05) is 30.3 Å². The molecule has 14 heavy (non-hydrogen) atoms. The fourth-order valence-corrected chi connectivity index (χ4v) is 0.914. The van der Waals surface area contributed by atoms with Gasteiger partial charge in [-0.25, -0.2) is 5.43 Å². The van der Waals surface area contributed by atoms with Crippen LogP contribution in [0, 0.1) is 0 Å². The number of hydrazone groups is 2. The summed E-state index contributed by atoms with van der Waals surface area (Å²) in [6.45, 7) is 1.87. The zero-order valence-corrected chi connectivity index (χ0v) is 7.94. The molecule has 0 saturated heterocycles. The highest BCUT2D eigenvalue weighted by molar-refractivity contribution is 5.99. The minimum Gasteiger partial charge on any atom is -0.367 e. The molecule has 0 aliphatic heterocycles. The molecule has 0 fully saturated rings. The Morgan fingerprint density at radius 1 is 1.29 bits per heavy atom. The molecule has 0 unspecified atom stereocenters. The SMILES string of the molecule is CC(=NN/C(N)=N/N)c1ccccc1. The molecule has 0 aromatic heterocycles. The summed E-state index contributed by atoms with van der Waals surface area (Å²) in [5, 5.41) is 7.23. The minimum absolute atomic E-state index is 0.0836. The quantitative estimate of drug-likeness (QED) is 0.270. The molecule has 1 rings (SSSR count). The Labute approximate surface area is 82.5 Å². The lowest BCUT2D eigenvalue weighted by atomic mass is 10.1. The number of benzene rings is 1. The summed E-state index contributed by atoms with van der Waals surface area (Å²) in [6.07, 6.45) is 0. The lowest BCUT2D eigenvalue weighted by Crippen LogP contribution is -2.29. The van der Waals surface area contributed by atoms with Gasteiger partial charge in [0, 0.05) is 0 Å². The second kappa shape index (κ2) is 4.86. The monoisotopic (exact) mass is 191 g/mol. The summed E-state index contributed by atoms with van der Waals surface area (Å²) >= 11 is 0. The molecule has 0 radical (unpaired) electrons. The van der Waals surface area contributed by atoms with Crippen LogP contribution in [0.4, 0.5) is 0 Å². The Kier molecular flexibility index (Phi) is 3.49. The van der Waals surface area contributed by atoms with Gasteiger partial charge in [0.25, 0.3) is 0 Å². The van der Waals surface area contributed by atoms with Gasteiger partial charge in [-0.2, -0.15) is 5.10 Å². The molecule has 5 nitrogen and oxygen atoms in total. The van der Waals surface area contributed by atoms with Gasteiger partial charge in [-0.05, 0) is 12.5 Å². The summed E-state index contributed by atoms with van der Waals surface area (Å²) in [6, 6.07) is 9.73. The highest BCUT2D eigenvalue weighted by Crippen LogP contribution is 1.99. The van der Waals surface area contributed by atoms with Crippen molar-refractivity contribution >= 4 is 11.7 Å². The maximum absolute atomic E-state index is 5.31. The van der Waals surface area contributed by atoms with E-state index in [2.05, 4.69) is 15.6 Å². The van der Waals surface area contributed by atoms with E-state index < -0.39 is 0 Å². The first kappa shape index (κ1) is 10.0. The van der Waals surface area contributed by atoms with Crippen molar-refractivity contribution in [2.24, 2.45) is 21.8 Å². The number of nitrogens with two attached hydrogens (primary N) is 2. The Morgan fingerprint density at radius 2 is 1.93 bits per heavy atom. The molecule has 0 heterocycles. The Hall–Kier alpha value is -2.04. The van der Waals surface area contributed by atoms with Crippen LogP contribution in [-0.4, -0.2) is 11.7 Å². The zero-order valence-electron chi connectivity index (χ0n) is 7.94. The van der Waals surface area contributed by atoms with E-state index in [0.29, 0.717) is 0 Å². The number of rotatable bonds is 2. The Morgan fingerprint density at radius 3 is 2.50 bits per heavy atom. The van der Waals surface area contributed by atoms with Gasteiger partial charge in [0.15, 0.2) is 0 Å². The van der Waals surface area contributed by atoms with E-state index in [1.807, 2.05) is 37.3 Å². The highest BCUT2D eigenvalue weighted by Gasteiger charge is 1.94. The molecule has 0 atom stereocenters. The van der Waals surface area contributed by atoms with Crippen LogP contribution in [0.5, 0.6) is 0 Å². The van der Waals surface area contributed by atoms with Crippen molar-refractivity contribution in [1.29, 1.82) is 0 Å². The molecular weight excluding hydrogens is 178 g/mol. The lowest BCUT2D eigenvalue weighted by Gasteiger charge is -2.01. The van der Waals surface area contributed by atoms with Crippen molar-refractivity contribution in [1.82, 2.24) is 5.43 Å². The Balaban J connectivity index is 2.71. The summed E-state index contributed by atoms with van der Waals surface area (Å²) in [5.74, 6) is 5.01. The number of nitrogens with one attached hydrogen (secondary N) is 1. The van der Waals surface area contributed by atoms with Crippen LogP contribution in [0.2, 0.25) is 0 Å². The average molecular weight is 191 g/mol. The summed E-state index contributed by atoms with van der Waals surface area (Å²) < 4.78 is 0. The summed E-state index contributed by atoms with van der Waals surface area (Å²) in [7, 11) is 0. The number of guanidine groups is 1. The molecule has 5 heteroatoms. The van der Waals surface area contributed by atoms with E-state index in [9.17, 15) is 0 Å². The van der Waals surface area contributed by atoms with Gasteiger partial charge in [0.2, 0.25) is 5.96 Å². The fraction of sp³-hybridized carbons (Fsp3) is 0.111. The van der Waals surface area contributed by atoms with Crippen molar-refractivity contribution in [3.05, 3.63) is 35.9 Å². The van der Waals surface area contributed by atoms with Crippen LogP contribution in [0.25, 0.3) is 0 Å². The average Bonchev–Trinajstić information content (AvgIpc) is 2.26. The first-order chi connectivity index (χ1) is 6.74. The first-order valence-corrected chi connectivity index (χ1v) is 4.13. The molecule has 0 aliphatic rings. The van der Waals surface area contributed by atoms with Crippen molar-refractivity contribution in [3.8, 4) is 0 Å². The topological polar surface area (TPSA) is 88.8 Å². The van der Waals surface area contributed by atoms with E-state index in [1.165, 1.54) is 0 Å². The van der Waals surface area contributed by atoms with Gasteiger partial charge in [0.1, 0.15) is 0 Å². The molecule has 0 aliphatic carbocycles.